The lowest BCUT2D eigenvalue weighted by molar-refractivity contribution is -0.123. The summed E-state index contributed by atoms with van der Waals surface area (Å²) < 4.78 is 0. The number of ketones is 1. The first-order valence-corrected chi connectivity index (χ1v) is 13.3. The summed E-state index contributed by atoms with van der Waals surface area (Å²) in [4.78, 5) is 33.0. The average Bonchev–Trinajstić information content (AvgIpc) is 2.89. The van der Waals surface area contributed by atoms with Gasteiger partial charge >= 0.3 is 0 Å². The number of hydrogen-bond acceptors (Lipinski definition) is 5. The highest BCUT2D eigenvalue weighted by Gasteiger charge is 2.44. The summed E-state index contributed by atoms with van der Waals surface area (Å²) in [5.41, 5.74) is 5.17. The number of thioether (sulfide) groups is 1. The topological polar surface area (TPSA) is 71.1 Å². The van der Waals surface area contributed by atoms with Crippen molar-refractivity contribution in [3.8, 4) is 0 Å². The van der Waals surface area contributed by atoms with Crippen molar-refractivity contribution < 1.29 is 9.59 Å². The van der Waals surface area contributed by atoms with Gasteiger partial charge in [0, 0.05) is 46.3 Å². The highest BCUT2D eigenvalue weighted by Crippen LogP contribution is 2.46. The van der Waals surface area contributed by atoms with E-state index in [1.165, 1.54) is 0 Å². The molecule has 182 valence electrons. The number of aromatic nitrogens is 1. The Bertz CT molecular complexity index is 1360. The van der Waals surface area contributed by atoms with Crippen LogP contribution in [0, 0.1) is 12.8 Å². The summed E-state index contributed by atoms with van der Waals surface area (Å²) in [5.74, 6) is -0.394. The molecular weight excluding hydrogens is 466 g/mol. The molecule has 5 nitrogen and oxygen atoms in total. The molecule has 5 rings (SSSR count). The Morgan fingerprint density at radius 1 is 0.972 bits per heavy atom. The number of benzene rings is 2. The monoisotopic (exact) mass is 495 g/mol. The molecule has 2 heterocycles. The summed E-state index contributed by atoms with van der Waals surface area (Å²) in [5, 5.41) is 6.43. The van der Waals surface area contributed by atoms with Crippen LogP contribution in [-0.2, 0) is 9.59 Å². The highest BCUT2D eigenvalue weighted by molar-refractivity contribution is 7.98. The van der Waals surface area contributed by atoms with Crippen molar-refractivity contribution in [3.63, 3.8) is 0 Å². The Hall–Kier alpha value is -3.64. The number of nitrogens with zero attached hydrogens (tertiary/aromatic N) is 1. The van der Waals surface area contributed by atoms with Crippen LogP contribution < -0.4 is 10.6 Å². The fourth-order valence-corrected chi connectivity index (χ4v) is 5.66. The van der Waals surface area contributed by atoms with Crippen LogP contribution in [0.25, 0.3) is 0 Å². The van der Waals surface area contributed by atoms with Gasteiger partial charge in [0.2, 0.25) is 0 Å². The van der Waals surface area contributed by atoms with Crippen molar-refractivity contribution in [1.82, 2.24) is 10.3 Å². The van der Waals surface area contributed by atoms with Gasteiger partial charge in [-0.1, -0.05) is 54.6 Å². The maximum Gasteiger partial charge on any atom is 0.255 e. The third kappa shape index (κ3) is 4.61. The highest BCUT2D eigenvalue weighted by atomic mass is 32.2. The number of allylic oxidation sites excluding steroid dienone is 3. The predicted molar refractivity (Wildman–Crippen MR) is 145 cm³/mol. The van der Waals surface area contributed by atoms with E-state index in [2.05, 4.69) is 46.0 Å². The fourth-order valence-electron chi connectivity index (χ4n) is 5.25. The van der Waals surface area contributed by atoms with Gasteiger partial charge < -0.3 is 10.6 Å². The van der Waals surface area contributed by atoms with Crippen molar-refractivity contribution in [1.29, 1.82) is 0 Å². The summed E-state index contributed by atoms with van der Waals surface area (Å²) >= 11 is 1.67. The van der Waals surface area contributed by atoms with Crippen LogP contribution in [0.15, 0.2) is 101 Å². The Morgan fingerprint density at radius 2 is 1.72 bits per heavy atom. The number of amides is 1. The number of pyridine rings is 1. The zero-order chi connectivity index (χ0) is 25.2. The first-order valence-electron chi connectivity index (χ1n) is 12.1. The number of Topliss-reactive ketones (excluding diaryl/α,β-unsaturated/α-hetero) is 1. The molecule has 36 heavy (non-hydrogen) atoms. The van der Waals surface area contributed by atoms with Gasteiger partial charge in [0.15, 0.2) is 0 Å². The summed E-state index contributed by atoms with van der Waals surface area (Å²) in [7, 11) is 0. The minimum absolute atomic E-state index is 0.0105. The van der Waals surface area contributed by atoms with E-state index in [4.69, 9.17) is 0 Å². The van der Waals surface area contributed by atoms with Gasteiger partial charge in [0.25, 0.3) is 5.91 Å². The van der Waals surface area contributed by atoms with Gasteiger partial charge in [0.05, 0.1) is 5.92 Å². The molecule has 6 heteroatoms. The molecule has 2 aliphatic rings. The molecule has 0 saturated heterocycles. The normalized spacial score (nSPS) is 21.4. The predicted octanol–water partition coefficient (Wildman–Crippen LogP) is 5.97. The minimum Gasteiger partial charge on any atom is -0.362 e. The van der Waals surface area contributed by atoms with E-state index in [1.807, 2.05) is 62.6 Å². The molecule has 1 aromatic heterocycles. The van der Waals surface area contributed by atoms with Gasteiger partial charge in [-0.15, -0.1) is 11.8 Å². The second-order valence-corrected chi connectivity index (χ2v) is 10.2. The zero-order valence-electron chi connectivity index (χ0n) is 20.6. The SMILES string of the molecule is CSc1ccc(C2C(C(=O)Nc3ncccc3C)=C(C)NC3=CC(c4ccccc4)CC(=O)C32)cc1. The van der Waals surface area contributed by atoms with E-state index in [-0.39, 0.29) is 23.5 Å². The molecule has 0 radical (unpaired) electrons. The van der Waals surface area contributed by atoms with Crippen molar-refractivity contribution in [2.45, 2.75) is 37.0 Å². The molecule has 0 bridgehead atoms. The standard InChI is InChI=1S/C30H29N3O2S/c1-18-8-7-15-31-29(18)33-30(35)26-19(2)32-24-16-22(20-9-5-4-6-10-20)17-25(34)28(24)27(26)21-11-13-23(36-3)14-12-21/h4-16,22,27-28,32H,17H2,1-3H3,(H,31,33,35). The number of aryl methyl sites for hydroxylation is 1. The molecule has 3 unspecified atom stereocenters. The van der Waals surface area contributed by atoms with Crippen LogP contribution in [0.1, 0.15) is 41.9 Å². The lowest BCUT2D eigenvalue weighted by Gasteiger charge is -2.40. The van der Waals surface area contributed by atoms with Gasteiger partial charge in [-0.25, -0.2) is 4.98 Å². The Balaban J connectivity index is 1.59. The van der Waals surface area contributed by atoms with Crippen molar-refractivity contribution >= 4 is 29.3 Å². The number of carbonyl (C=O) groups is 2. The largest absolute Gasteiger partial charge is 0.362 e. The van der Waals surface area contributed by atoms with Gasteiger partial charge in [-0.05, 0) is 55.0 Å². The fraction of sp³-hybridized carbons (Fsp3) is 0.233. The third-order valence-corrected chi connectivity index (χ3v) is 7.80. The number of fused-ring (bicyclic) bond motifs is 1. The van der Waals surface area contributed by atoms with E-state index >= 15 is 0 Å². The first-order chi connectivity index (χ1) is 17.5. The molecule has 1 aliphatic carbocycles. The molecule has 3 aromatic rings. The molecule has 1 amide bonds. The van der Waals surface area contributed by atoms with Crippen molar-refractivity contribution in [2.24, 2.45) is 5.92 Å². The van der Waals surface area contributed by atoms with E-state index in [0.29, 0.717) is 17.8 Å². The molecular formula is C30H29N3O2S. The van der Waals surface area contributed by atoms with Crippen LogP contribution in [0.2, 0.25) is 0 Å². The maximum atomic E-state index is 13.8. The summed E-state index contributed by atoms with van der Waals surface area (Å²) in [6.07, 6.45) is 6.28. The quantitative estimate of drug-likeness (QED) is 0.427. The minimum atomic E-state index is -0.445. The van der Waals surface area contributed by atoms with Gasteiger partial charge in [0.1, 0.15) is 11.6 Å². The number of anilines is 1. The average molecular weight is 496 g/mol. The van der Waals surface area contributed by atoms with Crippen LogP contribution in [-0.4, -0.2) is 22.9 Å². The third-order valence-electron chi connectivity index (χ3n) is 7.05. The molecule has 2 N–H and O–H groups in total. The van der Waals surface area contributed by atoms with Crippen LogP contribution in [0.3, 0.4) is 0 Å². The van der Waals surface area contributed by atoms with Crippen LogP contribution in [0.4, 0.5) is 5.82 Å². The number of hydrogen-bond donors (Lipinski definition) is 2. The van der Waals surface area contributed by atoms with Gasteiger partial charge in [-0.2, -0.15) is 0 Å². The van der Waals surface area contributed by atoms with E-state index < -0.39 is 5.92 Å². The Kier molecular flexibility index (Phi) is 6.79. The molecule has 2 aromatic carbocycles. The molecule has 0 saturated carbocycles. The van der Waals surface area contributed by atoms with Crippen molar-refractivity contribution in [3.05, 3.63) is 113 Å². The van der Waals surface area contributed by atoms with Crippen molar-refractivity contribution in [2.75, 3.05) is 11.6 Å². The van der Waals surface area contributed by atoms with E-state index in [1.54, 1.807) is 18.0 Å². The number of rotatable bonds is 5. The second-order valence-electron chi connectivity index (χ2n) is 9.32. The Labute approximate surface area is 216 Å². The summed E-state index contributed by atoms with van der Waals surface area (Å²) in [6.45, 7) is 3.83. The maximum absolute atomic E-state index is 13.8. The smallest absolute Gasteiger partial charge is 0.255 e. The molecule has 1 aliphatic heterocycles. The second kappa shape index (κ2) is 10.2. The Morgan fingerprint density at radius 3 is 2.42 bits per heavy atom. The zero-order valence-corrected chi connectivity index (χ0v) is 21.4. The van der Waals surface area contributed by atoms with Crippen LogP contribution in [0.5, 0.6) is 0 Å². The summed E-state index contributed by atoms with van der Waals surface area (Å²) in [6, 6.07) is 22.1. The van der Waals surface area contributed by atoms with E-state index in [0.717, 1.165) is 33.0 Å². The lowest BCUT2D eigenvalue weighted by atomic mass is 9.68. The molecule has 0 spiro atoms. The molecule has 0 fully saturated rings. The number of nitrogens with one attached hydrogen (secondary N) is 2. The van der Waals surface area contributed by atoms with E-state index in [9.17, 15) is 9.59 Å². The van der Waals surface area contributed by atoms with Crippen LogP contribution >= 0.6 is 11.8 Å². The first kappa shape index (κ1) is 24.1. The van der Waals surface area contributed by atoms with Gasteiger partial charge in [-0.3, -0.25) is 9.59 Å². The molecule has 3 atom stereocenters. The number of carbonyl (C=O) groups excluding carboxylic acids is 2. The lowest BCUT2D eigenvalue weighted by Crippen LogP contribution is -2.42.